The van der Waals surface area contributed by atoms with Crippen LogP contribution >= 0.6 is 15.9 Å². The Morgan fingerprint density at radius 1 is 1.55 bits per heavy atom. The summed E-state index contributed by atoms with van der Waals surface area (Å²) in [7, 11) is 2.16. The Morgan fingerprint density at radius 3 is 3.05 bits per heavy atom. The number of rotatable bonds is 5. The average molecular weight is 342 g/mol. The Kier molecular flexibility index (Phi) is 5.51. The van der Waals surface area contributed by atoms with E-state index < -0.39 is 0 Å². The molecule has 0 aromatic heterocycles. The van der Waals surface area contributed by atoms with Crippen LogP contribution in [0.15, 0.2) is 22.7 Å². The molecule has 1 aliphatic rings. The summed E-state index contributed by atoms with van der Waals surface area (Å²) >= 11 is 3.33. The van der Waals surface area contributed by atoms with Crippen molar-refractivity contribution in [2.45, 2.75) is 19.4 Å². The highest BCUT2D eigenvalue weighted by Crippen LogP contribution is 2.28. The third-order valence-corrected chi connectivity index (χ3v) is 4.64. The molecule has 6 heteroatoms. The van der Waals surface area contributed by atoms with Gasteiger partial charge < -0.3 is 10.2 Å². The van der Waals surface area contributed by atoms with E-state index in [2.05, 4.69) is 33.2 Å². The van der Waals surface area contributed by atoms with Crippen LogP contribution in [0.4, 0.5) is 5.69 Å². The van der Waals surface area contributed by atoms with Gasteiger partial charge in [0.15, 0.2) is 0 Å². The van der Waals surface area contributed by atoms with Crippen LogP contribution in [0, 0.1) is 16.0 Å². The number of piperidine rings is 1. The number of nitro benzene ring substituents is 1. The summed E-state index contributed by atoms with van der Waals surface area (Å²) in [5, 5.41) is 14.3. The lowest BCUT2D eigenvalue weighted by atomic mass is 9.98. The van der Waals surface area contributed by atoms with Gasteiger partial charge in [-0.15, -0.1) is 0 Å². The summed E-state index contributed by atoms with van der Waals surface area (Å²) in [6.07, 6.45) is 2.51. The fourth-order valence-electron chi connectivity index (χ4n) is 2.69. The SMILES string of the molecule is CN1CCCC(CNCc2cccc([N+](=O)[O-])c2Br)C1. The Hall–Kier alpha value is -0.980. The van der Waals surface area contributed by atoms with Gasteiger partial charge in [0, 0.05) is 19.2 Å². The van der Waals surface area contributed by atoms with E-state index in [9.17, 15) is 10.1 Å². The van der Waals surface area contributed by atoms with Crippen LogP contribution in [-0.4, -0.2) is 36.5 Å². The van der Waals surface area contributed by atoms with Crippen LogP contribution in [-0.2, 0) is 6.54 Å². The van der Waals surface area contributed by atoms with Gasteiger partial charge in [-0.3, -0.25) is 10.1 Å². The Bertz CT molecular complexity index is 481. The predicted octanol–water partition coefficient (Wildman–Crippen LogP) is 2.79. The molecule has 0 bridgehead atoms. The van der Waals surface area contributed by atoms with Crippen molar-refractivity contribution in [3.63, 3.8) is 0 Å². The lowest BCUT2D eigenvalue weighted by Gasteiger charge is -2.29. The fourth-order valence-corrected chi connectivity index (χ4v) is 3.24. The van der Waals surface area contributed by atoms with E-state index in [1.165, 1.54) is 25.5 Å². The molecule has 5 nitrogen and oxygen atoms in total. The quantitative estimate of drug-likeness (QED) is 0.660. The second kappa shape index (κ2) is 7.15. The number of halogens is 1. The van der Waals surface area contributed by atoms with E-state index in [-0.39, 0.29) is 10.6 Å². The average Bonchev–Trinajstić information content (AvgIpc) is 2.40. The second-order valence-corrected chi connectivity index (χ2v) is 6.20. The lowest BCUT2D eigenvalue weighted by Crippen LogP contribution is -2.37. The van der Waals surface area contributed by atoms with Gasteiger partial charge in [0.2, 0.25) is 0 Å². The molecule has 1 atom stereocenters. The number of nitro groups is 1. The predicted molar refractivity (Wildman–Crippen MR) is 82.7 cm³/mol. The smallest absolute Gasteiger partial charge is 0.283 e. The Labute approximate surface area is 127 Å². The molecule has 0 radical (unpaired) electrons. The van der Waals surface area contributed by atoms with Crippen LogP contribution in [0.2, 0.25) is 0 Å². The third-order valence-electron chi connectivity index (χ3n) is 3.73. The van der Waals surface area contributed by atoms with Gasteiger partial charge in [0.05, 0.1) is 9.40 Å². The zero-order chi connectivity index (χ0) is 14.5. The molecule has 0 aliphatic carbocycles. The first-order valence-corrected chi connectivity index (χ1v) is 7.68. The highest BCUT2D eigenvalue weighted by molar-refractivity contribution is 9.10. The van der Waals surface area contributed by atoms with Crippen LogP contribution in [0.25, 0.3) is 0 Å². The number of hydrogen-bond donors (Lipinski definition) is 1. The highest BCUT2D eigenvalue weighted by Gasteiger charge is 2.18. The third kappa shape index (κ3) is 4.01. The van der Waals surface area contributed by atoms with E-state index in [0.29, 0.717) is 16.9 Å². The second-order valence-electron chi connectivity index (χ2n) is 5.41. The number of nitrogens with zero attached hydrogens (tertiary/aromatic N) is 2. The van der Waals surface area contributed by atoms with Crippen LogP contribution in [0.5, 0.6) is 0 Å². The van der Waals surface area contributed by atoms with E-state index in [1.807, 2.05) is 6.07 Å². The molecule has 110 valence electrons. The first-order valence-electron chi connectivity index (χ1n) is 6.89. The van der Waals surface area contributed by atoms with Crippen molar-refractivity contribution in [3.8, 4) is 0 Å². The fraction of sp³-hybridized carbons (Fsp3) is 0.571. The topological polar surface area (TPSA) is 58.4 Å². The Morgan fingerprint density at radius 2 is 2.35 bits per heavy atom. The molecule has 1 aromatic rings. The largest absolute Gasteiger partial charge is 0.312 e. The summed E-state index contributed by atoms with van der Waals surface area (Å²) in [6.45, 7) is 3.93. The zero-order valence-corrected chi connectivity index (χ0v) is 13.2. The summed E-state index contributed by atoms with van der Waals surface area (Å²) in [6, 6.07) is 5.16. The standard InChI is InChI=1S/C14H20BrN3O2/c1-17-7-3-4-11(10-17)8-16-9-12-5-2-6-13(14(12)15)18(19)20/h2,5-6,11,16H,3-4,7-10H2,1H3. The van der Waals surface area contributed by atoms with E-state index in [0.717, 1.165) is 18.7 Å². The first-order chi connectivity index (χ1) is 9.58. The first kappa shape index (κ1) is 15.4. The maximum absolute atomic E-state index is 10.9. The normalized spacial score (nSPS) is 20.0. The molecule has 1 aliphatic heterocycles. The van der Waals surface area contributed by atoms with Crippen LogP contribution < -0.4 is 5.32 Å². The van der Waals surface area contributed by atoms with Crippen molar-refractivity contribution in [1.29, 1.82) is 0 Å². The molecule has 1 unspecified atom stereocenters. The van der Waals surface area contributed by atoms with Crippen molar-refractivity contribution in [2.75, 3.05) is 26.7 Å². The molecule has 0 spiro atoms. The minimum Gasteiger partial charge on any atom is -0.312 e. The summed E-state index contributed by atoms with van der Waals surface area (Å²) in [5.41, 5.74) is 1.06. The maximum Gasteiger partial charge on any atom is 0.283 e. The molecule has 20 heavy (non-hydrogen) atoms. The molecule has 2 rings (SSSR count). The van der Waals surface area contributed by atoms with Gasteiger partial charge in [-0.05, 0) is 60.4 Å². The minimum absolute atomic E-state index is 0.127. The number of benzene rings is 1. The molecule has 1 aromatic carbocycles. The molecular weight excluding hydrogens is 322 g/mol. The van der Waals surface area contributed by atoms with Gasteiger partial charge in [-0.1, -0.05) is 12.1 Å². The van der Waals surface area contributed by atoms with Crippen molar-refractivity contribution in [2.24, 2.45) is 5.92 Å². The molecular formula is C14H20BrN3O2. The van der Waals surface area contributed by atoms with Gasteiger partial charge >= 0.3 is 0 Å². The molecule has 1 N–H and O–H groups in total. The van der Waals surface area contributed by atoms with Crippen LogP contribution in [0.3, 0.4) is 0 Å². The zero-order valence-electron chi connectivity index (χ0n) is 11.6. The van der Waals surface area contributed by atoms with Gasteiger partial charge in [0.1, 0.15) is 0 Å². The lowest BCUT2D eigenvalue weighted by molar-refractivity contribution is -0.385. The Balaban J connectivity index is 1.88. The van der Waals surface area contributed by atoms with E-state index in [1.54, 1.807) is 6.07 Å². The molecule has 1 saturated heterocycles. The van der Waals surface area contributed by atoms with E-state index >= 15 is 0 Å². The van der Waals surface area contributed by atoms with Gasteiger partial charge in [-0.2, -0.15) is 0 Å². The molecule has 1 fully saturated rings. The van der Waals surface area contributed by atoms with Gasteiger partial charge in [0.25, 0.3) is 5.69 Å². The minimum atomic E-state index is -0.357. The van der Waals surface area contributed by atoms with Crippen molar-refractivity contribution in [3.05, 3.63) is 38.3 Å². The number of hydrogen-bond acceptors (Lipinski definition) is 4. The highest BCUT2D eigenvalue weighted by atomic mass is 79.9. The van der Waals surface area contributed by atoms with Crippen molar-refractivity contribution >= 4 is 21.6 Å². The maximum atomic E-state index is 10.9. The molecule has 0 amide bonds. The summed E-state index contributed by atoms with van der Waals surface area (Å²) < 4.78 is 0.582. The van der Waals surface area contributed by atoms with Crippen molar-refractivity contribution < 1.29 is 4.92 Å². The van der Waals surface area contributed by atoms with E-state index in [4.69, 9.17) is 0 Å². The number of nitrogens with one attached hydrogen (secondary N) is 1. The molecule has 1 heterocycles. The summed E-state index contributed by atoms with van der Waals surface area (Å²) in [4.78, 5) is 12.9. The van der Waals surface area contributed by atoms with Crippen molar-refractivity contribution in [1.82, 2.24) is 10.2 Å². The molecule has 0 saturated carbocycles. The monoisotopic (exact) mass is 341 g/mol. The van der Waals surface area contributed by atoms with Gasteiger partial charge in [-0.25, -0.2) is 0 Å². The number of likely N-dealkylation sites (tertiary alicyclic amines) is 1. The van der Waals surface area contributed by atoms with Crippen LogP contribution in [0.1, 0.15) is 18.4 Å². The summed E-state index contributed by atoms with van der Waals surface area (Å²) in [5.74, 6) is 0.672.